The number of rotatable bonds is 5. The van der Waals surface area contributed by atoms with Crippen molar-refractivity contribution in [2.45, 2.75) is 6.92 Å². The fourth-order valence-electron chi connectivity index (χ4n) is 2.66. The largest absolute Gasteiger partial charge is 0.478 e. The molecule has 0 aliphatic rings. The van der Waals surface area contributed by atoms with E-state index in [0.29, 0.717) is 0 Å². The zero-order chi connectivity index (χ0) is 23.7. The maximum Gasteiger partial charge on any atom is 0.328 e. The first-order chi connectivity index (χ1) is 15.1. The van der Waals surface area contributed by atoms with Crippen molar-refractivity contribution in [3.8, 4) is 16.9 Å². The van der Waals surface area contributed by atoms with Crippen LogP contribution in [0.2, 0.25) is 0 Å². The molecule has 3 rings (SSSR count). The maximum absolute atomic E-state index is 11.1. The minimum absolute atomic E-state index is 0.225. The fourth-order valence-corrected chi connectivity index (χ4v) is 4.22. The van der Waals surface area contributed by atoms with E-state index in [9.17, 15) is 18.4 Å². The average molecular weight is 499 g/mol. The Labute approximate surface area is 187 Å². The number of carbonyl (C=O) groups excluding carboxylic acids is 1. The summed E-state index contributed by atoms with van der Waals surface area (Å²) in [4.78, 5) is 21.2. The predicted molar refractivity (Wildman–Crippen MR) is 121 cm³/mol. The van der Waals surface area contributed by atoms with E-state index in [2.05, 4.69) is 5.32 Å². The third-order valence-electron chi connectivity index (χ3n) is 4.07. The van der Waals surface area contributed by atoms with Gasteiger partial charge in [-0.3, -0.25) is 0 Å². The third-order valence-corrected chi connectivity index (χ3v) is 6.17. The molecule has 32 heavy (non-hydrogen) atoms. The van der Waals surface area contributed by atoms with Gasteiger partial charge in [0.25, 0.3) is 0 Å². The number of carboxylic acids is 1. The van der Waals surface area contributed by atoms with Crippen LogP contribution >= 0.6 is 0 Å². The number of aliphatic carboxylic acids is 1. The first-order valence-electron chi connectivity index (χ1n) is 9.30. The molecule has 5 N–H and O–H groups in total. The Morgan fingerprint density at radius 3 is 2.00 bits per heavy atom. The summed E-state index contributed by atoms with van der Waals surface area (Å²) in [6.07, 6.45) is 2.72. The van der Waals surface area contributed by atoms with Crippen LogP contribution in [0.5, 0.6) is 5.75 Å². The van der Waals surface area contributed by atoms with E-state index < -0.39 is 26.0 Å². The van der Waals surface area contributed by atoms with Gasteiger partial charge in [-0.1, -0.05) is 54.6 Å². The summed E-state index contributed by atoms with van der Waals surface area (Å²) >= 11 is -5.14. The monoisotopic (exact) mass is 499 g/mol. The van der Waals surface area contributed by atoms with Crippen LogP contribution < -0.4 is 9.67 Å². The molecule has 3 aromatic rings. The Morgan fingerprint density at radius 2 is 1.47 bits per heavy atom. The van der Waals surface area contributed by atoms with Gasteiger partial charge in [0, 0.05) is 6.08 Å². The number of phenols is 1. The summed E-state index contributed by atoms with van der Waals surface area (Å²) in [6, 6.07) is 21.5. The molecule has 0 radical (unpaired) electrons. The van der Waals surface area contributed by atoms with E-state index in [0.717, 1.165) is 22.8 Å². The van der Waals surface area contributed by atoms with Crippen molar-refractivity contribution in [3.63, 3.8) is 0 Å². The summed E-state index contributed by atoms with van der Waals surface area (Å²) in [5, 5.41) is 20.1. The molecule has 0 spiro atoms. The van der Waals surface area contributed by atoms with Crippen molar-refractivity contribution >= 4 is 42.2 Å². The van der Waals surface area contributed by atoms with Gasteiger partial charge in [0.15, 0.2) is 0 Å². The Balaban J connectivity index is 0.000000229. The van der Waals surface area contributed by atoms with Crippen molar-refractivity contribution in [2.75, 3.05) is 5.32 Å². The minimum Gasteiger partial charge on any atom is -0.478 e. The number of amides is 1. The molecule has 0 unspecified atom stereocenters. The molecular weight excluding hydrogens is 477 g/mol. The molecule has 0 atom stereocenters. The van der Waals surface area contributed by atoms with Crippen LogP contribution in [0.15, 0.2) is 78.9 Å². The average Bonchev–Trinajstić information content (AvgIpc) is 2.74. The first-order valence-corrected chi connectivity index (χ1v) is 12.7. The molecule has 0 aromatic heterocycles. The third kappa shape index (κ3) is 7.59. The Bertz CT molecular complexity index is 1150. The van der Waals surface area contributed by atoms with Gasteiger partial charge in [0.05, 0.1) is 0 Å². The number of phenolic OH excluding ortho intramolecular Hbond substituents is 1. The normalized spacial score (nSPS) is 10.8. The van der Waals surface area contributed by atoms with Gasteiger partial charge in [0.2, 0.25) is 0 Å². The molecule has 0 saturated carbocycles. The molecule has 0 fully saturated rings. The molecule has 0 aliphatic carbocycles. The molecule has 8 nitrogen and oxygen atoms in total. The minimum atomic E-state index is -5.14. The number of aromatic hydroxyl groups is 1. The molecule has 0 heterocycles. The Hall–Kier alpha value is -3.58. The van der Waals surface area contributed by atoms with E-state index >= 15 is 0 Å². The molecule has 9 heteroatoms. The molecule has 0 bridgehead atoms. The number of hydrogen-bond acceptors (Lipinski definition) is 4. The zero-order valence-electron chi connectivity index (χ0n) is 17.0. The number of nitrogens with one attached hydrogen (secondary N) is 1. The summed E-state index contributed by atoms with van der Waals surface area (Å²) in [6.45, 7) is 1.18. The summed E-state index contributed by atoms with van der Waals surface area (Å²) in [5.74, 6) is -1.81. The smallest absolute Gasteiger partial charge is 0.328 e. The van der Waals surface area contributed by atoms with Crippen LogP contribution in [0.3, 0.4) is 0 Å². The number of para-hydroxylation sites is 1. The van der Waals surface area contributed by atoms with Crippen LogP contribution in [0.4, 0.5) is 5.69 Å². The topological polar surface area (TPSA) is 144 Å². The van der Waals surface area contributed by atoms with Gasteiger partial charge in [0.1, 0.15) is 0 Å². The van der Waals surface area contributed by atoms with E-state index in [-0.39, 0.29) is 15.8 Å². The summed E-state index contributed by atoms with van der Waals surface area (Å²) in [5.41, 5.74) is 2.93. The van der Waals surface area contributed by atoms with Crippen LogP contribution in [-0.2, 0) is 13.3 Å². The molecule has 0 aliphatic heterocycles. The Morgan fingerprint density at radius 1 is 0.875 bits per heavy atom. The van der Waals surface area contributed by atoms with E-state index in [1.807, 2.05) is 54.6 Å². The molecule has 1 amide bonds. The van der Waals surface area contributed by atoms with E-state index in [1.54, 1.807) is 6.08 Å². The number of benzene rings is 3. The molecule has 166 valence electrons. The fraction of sp³-hybridized carbons (Fsp3) is 0.0435. The van der Waals surface area contributed by atoms with Crippen LogP contribution in [-0.4, -0.2) is 44.5 Å². The number of anilines is 1. The van der Waals surface area contributed by atoms with Gasteiger partial charge in [-0.25, -0.2) is 4.79 Å². The van der Waals surface area contributed by atoms with Crippen molar-refractivity contribution in [2.24, 2.45) is 0 Å². The SMILES string of the molecule is CC(=O)Nc1c(O)cccc1[As](=O)(O)O.O=C(O)C=Cc1ccc(-c2ccccc2)cc1. The van der Waals surface area contributed by atoms with Crippen molar-refractivity contribution in [1.29, 1.82) is 0 Å². The van der Waals surface area contributed by atoms with Gasteiger partial charge >= 0.3 is 94.1 Å². The van der Waals surface area contributed by atoms with Crippen LogP contribution in [0.1, 0.15) is 12.5 Å². The number of carbonyl (C=O) groups is 2. The van der Waals surface area contributed by atoms with Crippen molar-refractivity contribution in [3.05, 3.63) is 84.4 Å². The van der Waals surface area contributed by atoms with Gasteiger partial charge < -0.3 is 5.11 Å². The number of carboxylic acid groups (broad SMARTS) is 1. The van der Waals surface area contributed by atoms with Crippen molar-refractivity contribution in [1.82, 2.24) is 0 Å². The van der Waals surface area contributed by atoms with Gasteiger partial charge in [-0.05, 0) is 22.8 Å². The van der Waals surface area contributed by atoms with Crippen LogP contribution in [0, 0.1) is 0 Å². The molecule has 0 saturated heterocycles. The van der Waals surface area contributed by atoms with Crippen LogP contribution in [0.25, 0.3) is 17.2 Å². The standard InChI is InChI=1S/C15H12O2.C8H10AsNO5/c16-15(17)11-8-12-6-9-14(10-7-12)13-4-2-1-3-5-13;1-5(11)10-8-6(9(13,14)15)3-2-4-7(8)12/h1-11H,(H,16,17);2-4,12H,1H3,(H,10,11)(H2,13,14,15). The quantitative estimate of drug-likeness (QED) is 0.206. The summed E-state index contributed by atoms with van der Waals surface area (Å²) in [7, 11) is 0. The van der Waals surface area contributed by atoms with Crippen molar-refractivity contribution < 1.29 is 31.7 Å². The number of hydrogen-bond donors (Lipinski definition) is 5. The molecule has 3 aromatic carbocycles. The second-order valence-electron chi connectivity index (χ2n) is 6.56. The Kier molecular flexibility index (Phi) is 8.61. The second kappa shape index (κ2) is 11.2. The zero-order valence-corrected chi connectivity index (χ0v) is 18.9. The van der Waals surface area contributed by atoms with E-state index in [1.165, 1.54) is 25.1 Å². The molecular formula is C23H22AsNO7. The predicted octanol–water partition coefficient (Wildman–Crippen LogP) is 2.36. The second-order valence-corrected chi connectivity index (χ2v) is 9.85. The van der Waals surface area contributed by atoms with Gasteiger partial charge in [-0.2, -0.15) is 0 Å². The van der Waals surface area contributed by atoms with E-state index in [4.69, 9.17) is 13.3 Å². The maximum atomic E-state index is 11.1. The van der Waals surface area contributed by atoms with Gasteiger partial charge in [-0.15, -0.1) is 0 Å². The summed E-state index contributed by atoms with van der Waals surface area (Å²) < 4.78 is 28.8. The first kappa shape index (κ1) is 24.7.